The van der Waals surface area contributed by atoms with Crippen LogP contribution in [0.3, 0.4) is 0 Å². The number of amides is 5. The number of nitrogens with zero attached hydrogens (tertiary/aromatic N) is 1. The molecule has 0 spiro atoms. The number of carbonyl (C=O) groups is 5. The van der Waals surface area contributed by atoms with Crippen molar-refractivity contribution in [1.82, 2.24) is 26.2 Å². The van der Waals surface area contributed by atoms with E-state index in [0.29, 0.717) is 19.4 Å². The second kappa shape index (κ2) is 33.8. The molecule has 1 heterocycles. The van der Waals surface area contributed by atoms with Gasteiger partial charge in [-0.15, -0.1) is 0 Å². The van der Waals surface area contributed by atoms with Gasteiger partial charge in [0.05, 0.1) is 19.7 Å². The van der Waals surface area contributed by atoms with E-state index in [-0.39, 0.29) is 18.9 Å². The van der Waals surface area contributed by atoms with Gasteiger partial charge in [-0.1, -0.05) is 166 Å². The number of aliphatic hydroxyl groups is 3. The van der Waals surface area contributed by atoms with Crippen molar-refractivity contribution >= 4 is 29.7 Å². The Bertz CT molecular complexity index is 1360. The number of rotatable bonds is 34. The largest absolute Gasteiger partial charge is 0.445 e. The fourth-order valence-electron chi connectivity index (χ4n) is 7.41. The molecule has 1 saturated heterocycles. The van der Waals surface area contributed by atoms with Crippen molar-refractivity contribution < 1.29 is 48.8 Å². The molecule has 0 saturated carbocycles. The Hall–Kier alpha value is -3.79. The fraction of sp³-hybridized carbons (Fsp3) is 0.761. The minimum atomic E-state index is -1.59. The molecule has 15 heteroatoms. The molecule has 61 heavy (non-hydrogen) atoms. The maximum Gasteiger partial charge on any atom is 0.407 e. The zero-order valence-corrected chi connectivity index (χ0v) is 37.2. The molecule has 7 N–H and O–H groups in total. The van der Waals surface area contributed by atoms with Gasteiger partial charge in [-0.2, -0.15) is 0 Å². The van der Waals surface area contributed by atoms with Crippen LogP contribution in [0.2, 0.25) is 0 Å². The summed E-state index contributed by atoms with van der Waals surface area (Å²) >= 11 is 0. The van der Waals surface area contributed by atoms with Crippen LogP contribution < -0.4 is 21.3 Å². The lowest BCUT2D eigenvalue weighted by atomic mass is 9.94. The Morgan fingerprint density at radius 1 is 0.623 bits per heavy atom. The van der Waals surface area contributed by atoms with Gasteiger partial charge in [0.15, 0.2) is 6.23 Å². The van der Waals surface area contributed by atoms with Crippen LogP contribution in [-0.4, -0.2) is 113 Å². The summed E-state index contributed by atoms with van der Waals surface area (Å²) in [7, 11) is 0. The number of aliphatic hydroxyl groups excluding tert-OH is 3. The fourth-order valence-corrected chi connectivity index (χ4v) is 7.41. The van der Waals surface area contributed by atoms with E-state index in [1.807, 2.05) is 6.07 Å². The van der Waals surface area contributed by atoms with Crippen LogP contribution in [0.5, 0.6) is 0 Å². The first kappa shape index (κ1) is 53.3. The van der Waals surface area contributed by atoms with Gasteiger partial charge in [0.2, 0.25) is 23.6 Å². The SMILES string of the molecule is CCCCCCCCCCCCCCN(C(=O)CCCCCCCCCCC)[C@@H]1O[C@H](CO)[C@@H](O)[C@H](O)[C@H]1NC(=O)CNC(=O)CNC(=O)CNC(=O)OCc1ccccc1. The summed E-state index contributed by atoms with van der Waals surface area (Å²) in [4.78, 5) is 65.3. The average Bonchev–Trinajstić information content (AvgIpc) is 3.26. The van der Waals surface area contributed by atoms with Gasteiger partial charge < -0.3 is 51.0 Å². The number of hydrogen-bond acceptors (Lipinski definition) is 10. The molecule has 0 unspecified atom stereocenters. The highest BCUT2D eigenvalue weighted by atomic mass is 16.6. The number of nitrogens with one attached hydrogen (secondary N) is 4. The highest BCUT2D eigenvalue weighted by Crippen LogP contribution is 2.26. The van der Waals surface area contributed by atoms with Crippen molar-refractivity contribution in [2.75, 3.05) is 32.8 Å². The molecule has 5 atom stereocenters. The summed E-state index contributed by atoms with van der Waals surface area (Å²) < 4.78 is 11.1. The summed E-state index contributed by atoms with van der Waals surface area (Å²) in [5, 5.41) is 41.8. The Morgan fingerprint density at radius 2 is 1.10 bits per heavy atom. The molecule has 1 aromatic rings. The Labute approximate surface area is 364 Å². The van der Waals surface area contributed by atoms with E-state index < -0.39 is 80.6 Å². The Morgan fingerprint density at radius 3 is 1.62 bits per heavy atom. The van der Waals surface area contributed by atoms with Crippen molar-refractivity contribution in [3.63, 3.8) is 0 Å². The van der Waals surface area contributed by atoms with E-state index in [9.17, 15) is 39.3 Å². The van der Waals surface area contributed by atoms with Gasteiger partial charge in [-0.3, -0.25) is 19.2 Å². The first-order chi connectivity index (χ1) is 29.6. The molecule has 1 aromatic carbocycles. The quantitative estimate of drug-likeness (QED) is 0.0431. The molecule has 0 bridgehead atoms. The lowest BCUT2D eigenvalue weighted by molar-refractivity contribution is -0.231. The lowest BCUT2D eigenvalue weighted by Gasteiger charge is -2.47. The summed E-state index contributed by atoms with van der Waals surface area (Å²) in [6.45, 7) is 2.68. The first-order valence-corrected chi connectivity index (χ1v) is 23.3. The molecule has 15 nitrogen and oxygen atoms in total. The van der Waals surface area contributed by atoms with Crippen LogP contribution >= 0.6 is 0 Å². The van der Waals surface area contributed by atoms with E-state index in [4.69, 9.17) is 9.47 Å². The van der Waals surface area contributed by atoms with Gasteiger partial charge in [0.25, 0.3) is 0 Å². The highest BCUT2D eigenvalue weighted by Gasteiger charge is 2.48. The van der Waals surface area contributed by atoms with Gasteiger partial charge in [-0.25, -0.2) is 4.79 Å². The van der Waals surface area contributed by atoms with E-state index >= 15 is 0 Å². The third-order valence-corrected chi connectivity index (χ3v) is 11.1. The predicted octanol–water partition coefficient (Wildman–Crippen LogP) is 5.52. The third kappa shape index (κ3) is 23.9. The molecular weight excluding hydrogens is 783 g/mol. The molecular formula is C46H79N5O10. The molecule has 0 aliphatic carbocycles. The molecule has 1 aliphatic rings. The molecule has 1 aliphatic heterocycles. The van der Waals surface area contributed by atoms with Crippen molar-refractivity contribution in [3.05, 3.63) is 35.9 Å². The molecule has 0 aromatic heterocycles. The van der Waals surface area contributed by atoms with Crippen molar-refractivity contribution in [2.45, 2.75) is 192 Å². The van der Waals surface area contributed by atoms with Gasteiger partial charge in [0, 0.05) is 13.0 Å². The first-order valence-electron chi connectivity index (χ1n) is 23.3. The van der Waals surface area contributed by atoms with Crippen molar-refractivity contribution in [2.24, 2.45) is 0 Å². The second-order valence-electron chi connectivity index (χ2n) is 16.3. The van der Waals surface area contributed by atoms with E-state index in [0.717, 1.165) is 44.1 Å². The predicted molar refractivity (Wildman–Crippen MR) is 235 cm³/mol. The second-order valence-corrected chi connectivity index (χ2v) is 16.3. The monoisotopic (exact) mass is 862 g/mol. The molecule has 1 fully saturated rings. The molecule has 0 radical (unpaired) electrons. The normalized spacial score (nSPS) is 18.5. The number of ether oxygens (including phenoxy) is 2. The minimum absolute atomic E-state index is 0.0254. The Kier molecular flexibility index (Phi) is 29.5. The van der Waals surface area contributed by atoms with E-state index in [1.165, 1.54) is 88.4 Å². The summed E-state index contributed by atoms with van der Waals surface area (Å²) in [5.74, 6) is -2.28. The van der Waals surface area contributed by atoms with Crippen LogP contribution in [0.25, 0.3) is 0 Å². The van der Waals surface area contributed by atoms with Gasteiger partial charge >= 0.3 is 6.09 Å². The van der Waals surface area contributed by atoms with E-state index in [1.54, 1.807) is 24.3 Å². The number of hydrogen-bond donors (Lipinski definition) is 7. The number of carbonyl (C=O) groups excluding carboxylic acids is 5. The minimum Gasteiger partial charge on any atom is -0.445 e. The molecule has 2 rings (SSSR count). The average molecular weight is 862 g/mol. The van der Waals surface area contributed by atoms with E-state index in [2.05, 4.69) is 35.1 Å². The van der Waals surface area contributed by atoms with Crippen molar-refractivity contribution in [3.8, 4) is 0 Å². The summed E-state index contributed by atoms with van der Waals surface area (Å²) in [6, 6.07) is 7.75. The Balaban J connectivity index is 1.94. The van der Waals surface area contributed by atoms with Gasteiger partial charge in [0.1, 0.15) is 37.5 Å². The zero-order valence-electron chi connectivity index (χ0n) is 37.2. The highest BCUT2D eigenvalue weighted by molar-refractivity contribution is 5.89. The third-order valence-electron chi connectivity index (χ3n) is 11.1. The maximum atomic E-state index is 13.9. The smallest absolute Gasteiger partial charge is 0.407 e. The topological polar surface area (TPSA) is 216 Å². The number of alkyl carbamates (subject to hydrolysis) is 1. The maximum absolute atomic E-state index is 13.9. The van der Waals surface area contributed by atoms with Crippen LogP contribution in [0, 0.1) is 0 Å². The summed E-state index contributed by atoms with van der Waals surface area (Å²) in [6.07, 6.45) is 17.5. The molecule has 5 amide bonds. The van der Waals surface area contributed by atoms with Crippen LogP contribution in [0.15, 0.2) is 30.3 Å². The van der Waals surface area contributed by atoms with Crippen molar-refractivity contribution in [1.29, 1.82) is 0 Å². The van der Waals surface area contributed by atoms with Crippen LogP contribution in [0.1, 0.15) is 161 Å². The van der Waals surface area contributed by atoms with Crippen LogP contribution in [0.4, 0.5) is 4.79 Å². The standard InChI is InChI=1S/C46H79N5O10/c1-3-5-7-9-11-13-14-15-17-19-21-26-30-51(41(56)29-25-20-18-16-12-10-8-6-4-2)45-42(44(58)43(57)37(34-52)61-45)50-40(55)33-48-38(53)31-47-39(54)32-49-46(59)60-35-36-27-23-22-24-28-36/h22-24,27-28,37,42-45,52,57-58H,3-21,25-26,29-35H2,1-2H3,(H,47,54)(H,48,53)(H,49,59)(H,50,55)/t37-,42-,43-,44-,45-/m1/s1. The summed E-state index contributed by atoms with van der Waals surface area (Å²) in [5.41, 5.74) is 0.777. The lowest BCUT2D eigenvalue weighted by Crippen LogP contribution is -2.69. The number of unbranched alkanes of at least 4 members (excludes halogenated alkanes) is 19. The molecule has 348 valence electrons. The zero-order chi connectivity index (χ0) is 44.5. The van der Waals surface area contributed by atoms with Gasteiger partial charge in [-0.05, 0) is 18.4 Å². The number of benzene rings is 1. The van der Waals surface area contributed by atoms with Crippen LogP contribution in [-0.2, 0) is 35.3 Å².